The standard InChI is InChI=1S/C21H17ClF3N3O3S/c1-32(29,30)18-5-4-15(19-14(18)6-10-31-19)26-7-2-3-13-11-16-20(22)27-8-9-28(16)17(13)12-21(23,24)25/h4-5,8-9,11,26H,6-7,10,12H2,1H3. The Hall–Kier alpha value is -2.90. The molecule has 4 rings (SSSR count). The molecule has 0 spiro atoms. The number of aromatic nitrogens is 2. The summed E-state index contributed by atoms with van der Waals surface area (Å²) in [5.41, 5.74) is 1.70. The molecule has 0 fully saturated rings. The minimum atomic E-state index is -4.42. The summed E-state index contributed by atoms with van der Waals surface area (Å²) in [5.74, 6) is 6.04. The zero-order valence-electron chi connectivity index (χ0n) is 16.8. The molecule has 0 saturated heterocycles. The maximum atomic E-state index is 13.1. The fraction of sp³-hybridized carbons (Fsp3) is 0.286. The van der Waals surface area contributed by atoms with E-state index in [1.165, 1.54) is 28.9 Å². The molecule has 1 aliphatic heterocycles. The second-order valence-electron chi connectivity index (χ2n) is 7.21. The first kappa shape index (κ1) is 22.3. The van der Waals surface area contributed by atoms with Crippen molar-refractivity contribution in [1.82, 2.24) is 9.38 Å². The largest absolute Gasteiger partial charge is 0.491 e. The maximum absolute atomic E-state index is 13.1. The Labute approximate surface area is 187 Å². The summed E-state index contributed by atoms with van der Waals surface area (Å²) in [6, 6.07) is 4.58. The van der Waals surface area contributed by atoms with Gasteiger partial charge in [-0.2, -0.15) is 13.2 Å². The lowest BCUT2D eigenvalue weighted by Gasteiger charge is -2.11. The van der Waals surface area contributed by atoms with Gasteiger partial charge in [0.25, 0.3) is 0 Å². The van der Waals surface area contributed by atoms with Gasteiger partial charge in [0.2, 0.25) is 0 Å². The monoisotopic (exact) mass is 483 g/mol. The first-order valence-electron chi connectivity index (χ1n) is 9.47. The number of halogens is 4. The van der Waals surface area contributed by atoms with Gasteiger partial charge in [-0.15, -0.1) is 0 Å². The van der Waals surface area contributed by atoms with Crippen LogP contribution in [-0.2, 0) is 22.7 Å². The van der Waals surface area contributed by atoms with Crippen LogP contribution >= 0.6 is 11.6 Å². The molecular weight excluding hydrogens is 467 g/mol. The van der Waals surface area contributed by atoms with Crippen LogP contribution in [0.2, 0.25) is 5.15 Å². The molecule has 3 aromatic rings. The van der Waals surface area contributed by atoms with E-state index in [1.807, 2.05) is 0 Å². The summed E-state index contributed by atoms with van der Waals surface area (Å²) >= 11 is 6.02. The number of fused-ring (bicyclic) bond motifs is 2. The SMILES string of the molecule is CS(=O)(=O)c1ccc(NCC#Cc2cc3c(Cl)nccn3c2CC(F)(F)F)c2c1CCO2. The molecule has 1 aliphatic rings. The molecule has 6 nitrogen and oxygen atoms in total. The number of hydrogen-bond donors (Lipinski definition) is 1. The van der Waals surface area contributed by atoms with Crippen LogP contribution in [-0.4, -0.2) is 43.4 Å². The van der Waals surface area contributed by atoms with E-state index in [4.69, 9.17) is 16.3 Å². The molecule has 2 aromatic heterocycles. The van der Waals surface area contributed by atoms with Crippen LogP contribution in [0, 0.1) is 11.8 Å². The first-order chi connectivity index (χ1) is 15.0. The Balaban J connectivity index is 1.60. The third-order valence-corrected chi connectivity index (χ3v) is 6.40. The van der Waals surface area contributed by atoms with Crippen LogP contribution < -0.4 is 10.1 Å². The summed E-state index contributed by atoms with van der Waals surface area (Å²) in [5, 5.41) is 3.13. The summed E-state index contributed by atoms with van der Waals surface area (Å²) in [6.07, 6.45) is -1.22. The van der Waals surface area contributed by atoms with Crippen LogP contribution in [0.25, 0.3) is 5.52 Å². The van der Waals surface area contributed by atoms with E-state index in [0.29, 0.717) is 35.5 Å². The molecule has 1 aromatic carbocycles. The molecule has 168 valence electrons. The Kier molecular flexibility index (Phi) is 5.73. The number of ether oxygens (including phenoxy) is 1. The Morgan fingerprint density at radius 3 is 2.84 bits per heavy atom. The predicted molar refractivity (Wildman–Crippen MR) is 114 cm³/mol. The average Bonchev–Trinajstić information content (AvgIpc) is 3.30. The van der Waals surface area contributed by atoms with E-state index in [9.17, 15) is 21.6 Å². The molecular formula is C21H17ClF3N3O3S. The molecule has 0 radical (unpaired) electrons. The van der Waals surface area contributed by atoms with Gasteiger partial charge < -0.3 is 14.5 Å². The number of nitrogens with one attached hydrogen (secondary N) is 1. The van der Waals surface area contributed by atoms with Gasteiger partial charge in [-0.3, -0.25) is 0 Å². The number of rotatable bonds is 4. The topological polar surface area (TPSA) is 72.7 Å². The smallest absolute Gasteiger partial charge is 0.394 e. The summed E-state index contributed by atoms with van der Waals surface area (Å²) in [7, 11) is -3.39. The van der Waals surface area contributed by atoms with Gasteiger partial charge in [0.1, 0.15) is 5.75 Å². The van der Waals surface area contributed by atoms with Crippen molar-refractivity contribution in [1.29, 1.82) is 0 Å². The van der Waals surface area contributed by atoms with E-state index < -0.39 is 22.4 Å². The highest BCUT2D eigenvalue weighted by atomic mass is 35.5. The molecule has 0 amide bonds. The normalized spacial score (nSPS) is 13.4. The highest BCUT2D eigenvalue weighted by Crippen LogP contribution is 2.38. The van der Waals surface area contributed by atoms with Crippen molar-refractivity contribution in [3.63, 3.8) is 0 Å². The lowest BCUT2D eigenvalue weighted by molar-refractivity contribution is -0.128. The van der Waals surface area contributed by atoms with Crippen LogP contribution in [0.1, 0.15) is 16.8 Å². The van der Waals surface area contributed by atoms with Gasteiger partial charge in [-0.25, -0.2) is 13.4 Å². The van der Waals surface area contributed by atoms with E-state index >= 15 is 0 Å². The van der Waals surface area contributed by atoms with Gasteiger partial charge in [0.05, 0.1) is 35.7 Å². The van der Waals surface area contributed by atoms with Crippen molar-refractivity contribution in [2.75, 3.05) is 24.7 Å². The number of nitrogens with zero attached hydrogens (tertiary/aromatic N) is 2. The van der Waals surface area contributed by atoms with E-state index in [0.717, 1.165) is 6.26 Å². The predicted octanol–water partition coefficient (Wildman–Crippen LogP) is 3.89. The third-order valence-electron chi connectivity index (χ3n) is 4.93. The minimum Gasteiger partial charge on any atom is -0.491 e. The summed E-state index contributed by atoms with van der Waals surface area (Å²) < 4.78 is 70.1. The van der Waals surface area contributed by atoms with Crippen LogP contribution in [0.15, 0.2) is 35.5 Å². The fourth-order valence-corrected chi connectivity index (χ4v) is 4.80. The highest BCUT2D eigenvalue weighted by Gasteiger charge is 2.31. The zero-order valence-corrected chi connectivity index (χ0v) is 18.3. The zero-order chi connectivity index (χ0) is 23.1. The molecule has 0 unspecified atom stereocenters. The molecule has 3 heterocycles. The quantitative estimate of drug-likeness (QED) is 0.570. The van der Waals surface area contributed by atoms with Crippen molar-refractivity contribution in [3.05, 3.63) is 52.6 Å². The molecule has 0 atom stereocenters. The van der Waals surface area contributed by atoms with Crippen molar-refractivity contribution >= 4 is 32.6 Å². The molecule has 0 saturated carbocycles. The molecule has 1 N–H and O–H groups in total. The highest BCUT2D eigenvalue weighted by molar-refractivity contribution is 7.90. The molecule has 32 heavy (non-hydrogen) atoms. The lowest BCUT2D eigenvalue weighted by atomic mass is 10.1. The first-order valence-corrected chi connectivity index (χ1v) is 11.7. The van der Waals surface area contributed by atoms with Gasteiger partial charge >= 0.3 is 6.18 Å². The number of benzene rings is 1. The van der Waals surface area contributed by atoms with Crippen LogP contribution in [0.5, 0.6) is 5.75 Å². The third kappa shape index (κ3) is 4.49. The fourth-order valence-electron chi connectivity index (χ4n) is 3.64. The second-order valence-corrected chi connectivity index (χ2v) is 9.56. The van der Waals surface area contributed by atoms with Crippen LogP contribution in [0.3, 0.4) is 0 Å². The summed E-state index contributed by atoms with van der Waals surface area (Å²) in [6.45, 7) is 0.479. The van der Waals surface area contributed by atoms with Crippen molar-refractivity contribution in [2.45, 2.75) is 23.9 Å². The number of hydrogen-bond acceptors (Lipinski definition) is 5. The van der Waals surface area contributed by atoms with Gasteiger partial charge in [0, 0.05) is 41.9 Å². The second kappa shape index (κ2) is 8.22. The summed E-state index contributed by atoms with van der Waals surface area (Å²) in [4.78, 5) is 4.12. The number of sulfone groups is 1. The Morgan fingerprint density at radius 1 is 1.34 bits per heavy atom. The average molecular weight is 484 g/mol. The van der Waals surface area contributed by atoms with E-state index in [1.54, 1.807) is 6.07 Å². The number of alkyl halides is 3. The van der Waals surface area contributed by atoms with Crippen molar-refractivity contribution < 1.29 is 26.3 Å². The van der Waals surface area contributed by atoms with E-state index in [2.05, 4.69) is 22.1 Å². The van der Waals surface area contributed by atoms with E-state index in [-0.39, 0.29) is 27.9 Å². The lowest BCUT2D eigenvalue weighted by Crippen LogP contribution is -2.14. The molecule has 11 heteroatoms. The maximum Gasteiger partial charge on any atom is 0.394 e. The minimum absolute atomic E-state index is 0.0222. The van der Waals surface area contributed by atoms with Gasteiger partial charge in [0.15, 0.2) is 15.0 Å². The van der Waals surface area contributed by atoms with Crippen molar-refractivity contribution in [3.8, 4) is 17.6 Å². The molecule has 0 bridgehead atoms. The Morgan fingerprint density at radius 2 is 2.12 bits per heavy atom. The van der Waals surface area contributed by atoms with Crippen molar-refractivity contribution in [2.24, 2.45) is 0 Å². The Bertz CT molecular complexity index is 1370. The van der Waals surface area contributed by atoms with Crippen LogP contribution in [0.4, 0.5) is 18.9 Å². The van der Waals surface area contributed by atoms with Gasteiger partial charge in [-0.1, -0.05) is 23.4 Å². The van der Waals surface area contributed by atoms with Gasteiger partial charge in [-0.05, 0) is 18.2 Å². The number of anilines is 1. The molecule has 0 aliphatic carbocycles.